The standard InChI is InChI=1S/C21H24FNO/c22-19-8-4-7-17-13-21(24)20(14-18(17)19)23-11-9-16(10-12-23)15-5-2-1-3-6-15/h1-8,16,20-21,24H,9-14H2/i22-1. The summed E-state index contributed by atoms with van der Waals surface area (Å²) < 4.78 is 14.1. The molecule has 2 nitrogen and oxygen atoms in total. The predicted molar refractivity (Wildman–Crippen MR) is 93.6 cm³/mol. The molecule has 2 aromatic rings. The van der Waals surface area contributed by atoms with E-state index in [0.717, 1.165) is 37.1 Å². The fourth-order valence-corrected chi connectivity index (χ4v) is 4.39. The Hall–Kier alpha value is -1.71. The molecule has 3 heteroatoms. The number of aliphatic hydroxyl groups is 1. The van der Waals surface area contributed by atoms with Crippen LogP contribution in [0.1, 0.15) is 35.4 Å². The zero-order chi connectivity index (χ0) is 16.5. The van der Waals surface area contributed by atoms with E-state index >= 15 is 0 Å². The van der Waals surface area contributed by atoms with Crippen LogP contribution in [0.3, 0.4) is 0 Å². The summed E-state index contributed by atoms with van der Waals surface area (Å²) in [6.07, 6.45) is 3.01. The van der Waals surface area contributed by atoms with Crippen LogP contribution in [0.5, 0.6) is 0 Å². The summed E-state index contributed by atoms with van der Waals surface area (Å²) in [5, 5.41) is 10.6. The molecule has 0 radical (unpaired) electrons. The fourth-order valence-electron chi connectivity index (χ4n) is 4.39. The number of aliphatic hydroxyl groups excluding tert-OH is 1. The van der Waals surface area contributed by atoms with Crippen molar-refractivity contribution < 1.29 is 9.50 Å². The van der Waals surface area contributed by atoms with Crippen molar-refractivity contribution in [1.82, 2.24) is 4.90 Å². The van der Waals surface area contributed by atoms with Gasteiger partial charge in [0.15, 0.2) is 0 Å². The minimum absolute atomic E-state index is 0.0473. The van der Waals surface area contributed by atoms with Gasteiger partial charge in [-0.15, -0.1) is 0 Å². The monoisotopic (exact) mass is 324 g/mol. The molecule has 0 spiro atoms. The Bertz CT molecular complexity index is 694. The molecule has 2 unspecified atom stereocenters. The van der Waals surface area contributed by atoms with Crippen LogP contribution in [0.4, 0.5) is 4.39 Å². The fraction of sp³-hybridized carbons (Fsp3) is 0.429. The van der Waals surface area contributed by atoms with Gasteiger partial charge in [-0.2, -0.15) is 0 Å². The third-order valence-electron chi connectivity index (χ3n) is 5.77. The highest BCUT2D eigenvalue weighted by Crippen LogP contribution is 2.32. The Morgan fingerprint density at radius 2 is 1.67 bits per heavy atom. The van der Waals surface area contributed by atoms with Gasteiger partial charge >= 0.3 is 0 Å². The van der Waals surface area contributed by atoms with Gasteiger partial charge in [0, 0.05) is 12.5 Å². The maximum atomic E-state index is 14.1. The molecule has 1 heterocycles. The van der Waals surface area contributed by atoms with Crippen LogP contribution >= 0.6 is 0 Å². The first-order valence-corrected chi connectivity index (χ1v) is 8.95. The first kappa shape index (κ1) is 15.8. The van der Waals surface area contributed by atoms with Gasteiger partial charge < -0.3 is 5.11 Å². The van der Waals surface area contributed by atoms with Crippen LogP contribution < -0.4 is 0 Å². The smallest absolute Gasteiger partial charge is 0.126 e. The van der Waals surface area contributed by atoms with Crippen molar-refractivity contribution in [2.45, 2.75) is 43.7 Å². The van der Waals surface area contributed by atoms with E-state index in [1.807, 2.05) is 6.07 Å². The molecule has 0 amide bonds. The van der Waals surface area contributed by atoms with Crippen LogP contribution in [0.2, 0.25) is 0 Å². The third-order valence-corrected chi connectivity index (χ3v) is 5.77. The molecule has 0 saturated carbocycles. The second-order valence-electron chi connectivity index (χ2n) is 7.14. The molecular weight excluding hydrogens is 300 g/mol. The first-order chi connectivity index (χ1) is 11.7. The number of halogens is 1. The number of fused-ring (bicyclic) bond motifs is 1. The maximum Gasteiger partial charge on any atom is 0.126 e. The summed E-state index contributed by atoms with van der Waals surface area (Å²) in [5.74, 6) is 0.482. The summed E-state index contributed by atoms with van der Waals surface area (Å²) in [6.45, 7) is 1.95. The molecule has 2 aromatic carbocycles. The van der Waals surface area contributed by atoms with Gasteiger partial charge in [0.2, 0.25) is 0 Å². The molecule has 1 aliphatic carbocycles. The van der Waals surface area contributed by atoms with Gasteiger partial charge in [-0.3, -0.25) is 4.90 Å². The lowest BCUT2D eigenvalue weighted by Crippen LogP contribution is -2.51. The van der Waals surface area contributed by atoms with E-state index in [1.165, 1.54) is 11.6 Å². The van der Waals surface area contributed by atoms with Gasteiger partial charge in [0.25, 0.3) is 0 Å². The van der Waals surface area contributed by atoms with Crippen LogP contribution in [0, 0.1) is 5.82 Å². The van der Waals surface area contributed by atoms with Gasteiger partial charge in [-0.1, -0.05) is 42.5 Å². The van der Waals surface area contributed by atoms with Crippen LogP contribution in [0.25, 0.3) is 0 Å². The Balaban J connectivity index is 1.45. The topological polar surface area (TPSA) is 23.5 Å². The minimum Gasteiger partial charge on any atom is -0.391 e. The highest BCUT2D eigenvalue weighted by Gasteiger charge is 2.34. The Morgan fingerprint density at radius 1 is 0.917 bits per heavy atom. The molecule has 1 saturated heterocycles. The summed E-state index contributed by atoms with van der Waals surface area (Å²) >= 11 is 0. The number of likely N-dealkylation sites (tertiary alicyclic amines) is 1. The largest absolute Gasteiger partial charge is 0.391 e. The van der Waals surface area contributed by atoms with Crippen LogP contribution in [-0.4, -0.2) is 35.2 Å². The van der Waals surface area contributed by atoms with Crippen molar-refractivity contribution >= 4 is 0 Å². The zero-order valence-corrected chi connectivity index (χ0v) is 13.9. The average Bonchev–Trinajstić information content (AvgIpc) is 2.62. The van der Waals surface area contributed by atoms with Gasteiger partial charge in [-0.25, -0.2) is 4.39 Å². The first-order valence-electron chi connectivity index (χ1n) is 8.95. The van der Waals surface area contributed by atoms with E-state index in [0.29, 0.717) is 18.8 Å². The van der Waals surface area contributed by atoms with Gasteiger partial charge in [-0.05, 0) is 61.0 Å². The Morgan fingerprint density at radius 3 is 2.42 bits per heavy atom. The zero-order valence-electron chi connectivity index (χ0n) is 13.9. The lowest BCUT2D eigenvalue weighted by molar-refractivity contribution is 0.0288. The van der Waals surface area contributed by atoms with E-state index in [4.69, 9.17) is 0 Å². The van der Waals surface area contributed by atoms with E-state index in [2.05, 4.69) is 35.2 Å². The quantitative estimate of drug-likeness (QED) is 0.913. The second kappa shape index (κ2) is 6.66. The number of rotatable bonds is 2. The number of benzene rings is 2. The number of piperidine rings is 1. The lowest BCUT2D eigenvalue weighted by Gasteiger charge is -2.42. The molecule has 1 N–H and O–H groups in total. The van der Waals surface area contributed by atoms with Crippen molar-refractivity contribution in [2.24, 2.45) is 0 Å². The summed E-state index contributed by atoms with van der Waals surface area (Å²) in [6, 6.07) is 16.0. The number of hydrogen-bond donors (Lipinski definition) is 1. The molecule has 2 atom stereocenters. The predicted octanol–water partition coefficient (Wildman–Crippen LogP) is 3.53. The van der Waals surface area contributed by atoms with E-state index in [1.54, 1.807) is 6.07 Å². The van der Waals surface area contributed by atoms with Crippen molar-refractivity contribution in [3.8, 4) is 0 Å². The highest BCUT2D eigenvalue weighted by atomic mass is 18.2. The van der Waals surface area contributed by atoms with E-state index in [-0.39, 0.29) is 11.9 Å². The van der Waals surface area contributed by atoms with Crippen molar-refractivity contribution in [3.05, 3.63) is 71.0 Å². The minimum atomic E-state index is -0.396. The molecule has 1 fully saturated rings. The SMILES string of the molecule is OC1Cc2cccc([18F])c2CC1N1CCC(c2ccccc2)CC1. The Labute approximate surface area is 142 Å². The molecule has 2 aliphatic rings. The average molecular weight is 324 g/mol. The van der Waals surface area contributed by atoms with E-state index in [9.17, 15) is 9.50 Å². The number of nitrogens with zero attached hydrogens (tertiary/aromatic N) is 1. The van der Waals surface area contributed by atoms with Crippen LogP contribution in [0.15, 0.2) is 48.5 Å². The molecule has 0 aromatic heterocycles. The summed E-state index contributed by atoms with van der Waals surface area (Å²) in [4.78, 5) is 2.37. The molecule has 4 rings (SSSR count). The van der Waals surface area contributed by atoms with E-state index < -0.39 is 6.10 Å². The summed E-state index contributed by atoms with van der Waals surface area (Å²) in [7, 11) is 0. The second-order valence-corrected chi connectivity index (χ2v) is 7.14. The third kappa shape index (κ3) is 2.99. The lowest BCUT2D eigenvalue weighted by atomic mass is 9.82. The highest BCUT2D eigenvalue weighted by molar-refractivity contribution is 5.33. The molecular formula is C21H24FNO. The van der Waals surface area contributed by atoms with Crippen molar-refractivity contribution in [3.63, 3.8) is 0 Å². The van der Waals surface area contributed by atoms with Crippen LogP contribution in [-0.2, 0) is 12.8 Å². The molecule has 0 bridgehead atoms. The van der Waals surface area contributed by atoms with Crippen molar-refractivity contribution in [1.29, 1.82) is 0 Å². The van der Waals surface area contributed by atoms with Gasteiger partial charge in [0.1, 0.15) is 5.82 Å². The normalized spacial score (nSPS) is 25.4. The molecule has 1 aliphatic heterocycles. The molecule has 126 valence electrons. The van der Waals surface area contributed by atoms with Gasteiger partial charge in [0.05, 0.1) is 6.10 Å². The molecule has 24 heavy (non-hydrogen) atoms. The summed E-state index contributed by atoms with van der Waals surface area (Å²) in [5.41, 5.74) is 3.19. The number of hydrogen-bond acceptors (Lipinski definition) is 2. The maximum absolute atomic E-state index is 14.1. The van der Waals surface area contributed by atoms with Crippen molar-refractivity contribution in [2.75, 3.05) is 13.1 Å². The Kier molecular flexibility index (Phi) is 4.38.